The first kappa shape index (κ1) is 15.1. The minimum absolute atomic E-state index is 0.101. The number of nitrogens with one attached hydrogen (secondary N) is 1. The van der Waals surface area contributed by atoms with Crippen LogP contribution in [0.15, 0.2) is 45.1 Å². The van der Waals surface area contributed by atoms with E-state index < -0.39 is 20.6 Å². The molecule has 1 aromatic carbocycles. The Hall–Kier alpha value is -1.29. The molecule has 1 aromatic heterocycles. The number of nitro groups is 1. The molecule has 0 aliphatic carbocycles. The van der Waals surface area contributed by atoms with Gasteiger partial charge in [-0.25, -0.2) is 13.1 Å². The number of benzene rings is 1. The van der Waals surface area contributed by atoms with Crippen LogP contribution in [0, 0.1) is 10.1 Å². The summed E-state index contributed by atoms with van der Waals surface area (Å²) in [6.45, 7) is 0.101. The van der Waals surface area contributed by atoms with Gasteiger partial charge in [0.05, 0.1) is 4.92 Å². The Bertz CT molecular complexity index is 729. The summed E-state index contributed by atoms with van der Waals surface area (Å²) in [5, 5.41) is 12.7. The highest BCUT2D eigenvalue weighted by atomic mass is 79.9. The van der Waals surface area contributed by atoms with Gasteiger partial charge in [0.15, 0.2) is 4.90 Å². The monoisotopic (exact) mass is 376 g/mol. The number of sulfonamides is 1. The Morgan fingerprint density at radius 2 is 2.10 bits per heavy atom. The normalized spacial score (nSPS) is 11.4. The Balaban J connectivity index is 2.33. The summed E-state index contributed by atoms with van der Waals surface area (Å²) in [5.41, 5.74) is -0.452. The van der Waals surface area contributed by atoms with E-state index in [-0.39, 0.29) is 11.4 Å². The summed E-state index contributed by atoms with van der Waals surface area (Å²) in [7, 11) is -3.95. The second kappa shape index (κ2) is 6.00. The zero-order chi connectivity index (χ0) is 14.8. The smallest absolute Gasteiger partial charge is 0.258 e. The Kier molecular flexibility index (Phi) is 4.53. The van der Waals surface area contributed by atoms with Crippen molar-refractivity contribution < 1.29 is 13.3 Å². The molecule has 2 aromatic rings. The van der Waals surface area contributed by atoms with Gasteiger partial charge in [0.25, 0.3) is 5.69 Å². The van der Waals surface area contributed by atoms with E-state index >= 15 is 0 Å². The van der Waals surface area contributed by atoms with E-state index in [0.717, 1.165) is 10.9 Å². The highest BCUT2D eigenvalue weighted by Crippen LogP contribution is 2.27. The van der Waals surface area contributed by atoms with Crippen molar-refractivity contribution in [1.82, 2.24) is 4.72 Å². The molecular weight excluding hydrogens is 368 g/mol. The van der Waals surface area contributed by atoms with Crippen molar-refractivity contribution in [3.8, 4) is 0 Å². The summed E-state index contributed by atoms with van der Waals surface area (Å²) in [5.74, 6) is 0. The molecule has 0 atom stereocenters. The number of hydrogen-bond donors (Lipinski definition) is 1. The largest absolute Gasteiger partial charge is 0.289 e. The van der Waals surface area contributed by atoms with Crippen molar-refractivity contribution in [3.63, 3.8) is 0 Å². The lowest BCUT2D eigenvalue weighted by atomic mass is 10.3. The van der Waals surface area contributed by atoms with E-state index in [0.29, 0.717) is 4.47 Å². The van der Waals surface area contributed by atoms with E-state index in [2.05, 4.69) is 20.7 Å². The van der Waals surface area contributed by atoms with E-state index in [4.69, 9.17) is 0 Å². The topological polar surface area (TPSA) is 89.3 Å². The third-order valence-electron chi connectivity index (χ3n) is 2.42. The molecule has 0 amide bonds. The molecule has 0 saturated carbocycles. The maximum absolute atomic E-state index is 12.2. The average Bonchev–Trinajstić information content (AvgIpc) is 2.89. The summed E-state index contributed by atoms with van der Waals surface area (Å²) >= 11 is 4.52. The molecule has 2 rings (SSSR count). The van der Waals surface area contributed by atoms with Crippen molar-refractivity contribution in [1.29, 1.82) is 0 Å². The van der Waals surface area contributed by atoms with Gasteiger partial charge < -0.3 is 0 Å². The fourth-order valence-corrected chi connectivity index (χ4v) is 3.96. The second-order valence-corrected chi connectivity index (χ2v) is 7.46. The molecule has 0 spiro atoms. The predicted molar refractivity (Wildman–Crippen MR) is 79.1 cm³/mol. The van der Waals surface area contributed by atoms with E-state index in [9.17, 15) is 18.5 Å². The van der Waals surface area contributed by atoms with Gasteiger partial charge in [0.1, 0.15) is 0 Å². The van der Waals surface area contributed by atoms with Crippen LogP contribution in [-0.2, 0) is 16.6 Å². The maximum atomic E-state index is 12.2. The average molecular weight is 377 g/mol. The zero-order valence-electron chi connectivity index (χ0n) is 9.95. The SMILES string of the molecule is O=[N+]([O-])c1ccc(Br)cc1S(=O)(=O)NCc1cccs1. The quantitative estimate of drug-likeness (QED) is 0.641. The van der Waals surface area contributed by atoms with Crippen LogP contribution < -0.4 is 4.72 Å². The lowest BCUT2D eigenvalue weighted by molar-refractivity contribution is -0.387. The van der Waals surface area contributed by atoms with Crippen LogP contribution in [0.3, 0.4) is 0 Å². The first-order valence-corrected chi connectivity index (χ1v) is 8.52. The van der Waals surface area contributed by atoms with Crippen LogP contribution in [0.5, 0.6) is 0 Å². The summed E-state index contributed by atoms with van der Waals surface area (Å²) in [4.78, 5) is 10.7. The number of rotatable bonds is 5. The van der Waals surface area contributed by atoms with Crippen molar-refractivity contribution in [2.45, 2.75) is 11.4 Å². The van der Waals surface area contributed by atoms with Crippen LogP contribution in [-0.4, -0.2) is 13.3 Å². The molecule has 1 N–H and O–H groups in total. The molecular formula is C11H9BrN2O4S2. The molecule has 0 aliphatic rings. The Labute approximate surface area is 127 Å². The van der Waals surface area contributed by atoms with Crippen LogP contribution in [0.1, 0.15) is 4.88 Å². The van der Waals surface area contributed by atoms with Gasteiger partial charge >= 0.3 is 0 Å². The fraction of sp³-hybridized carbons (Fsp3) is 0.0909. The van der Waals surface area contributed by atoms with E-state index in [1.54, 1.807) is 12.1 Å². The molecule has 0 unspecified atom stereocenters. The van der Waals surface area contributed by atoms with Crippen molar-refractivity contribution in [2.75, 3.05) is 0 Å². The Morgan fingerprint density at radius 1 is 1.35 bits per heavy atom. The van der Waals surface area contributed by atoms with E-state index in [1.807, 2.05) is 5.38 Å². The van der Waals surface area contributed by atoms with E-state index in [1.165, 1.54) is 23.5 Å². The van der Waals surface area contributed by atoms with Gasteiger partial charge in [-0.05, 0) is 23.6 Å². The van der Waals surface area contributed by atoms with Gasteiger partial charge in [-0.3, -0.25) is 10.1 Å². The van der Waals surface area contributed by atoms with Crippen LogP contribution in [0.25, 0.3) is 0 Å². The second-order valence-electron chi connectivity index (χ2n) is 3.77. The zero-order valence-corrected chi connectivity index (χ0v) is 13.2. The standard InChI is InChI=1S/C11H9BrN2O4S2/c12-8-3-4-10(14(15)16)11(6-8)20(17,18)13-7-9-2-1-5-19-9/h1-6,13H,7H2. The number of nitro benzene ring substituents is 1. The first-order chi connectivity index (χ1) is 9.40. The number of thiophene rings is 1. The molecule has 9 heteroatoms. The van der Waals surface area contributed by atoms with Gasteiger partial charge in [-0.2, -0.15) is 0 Å². The van der Waals surface area contributed by atoms with Crippen molar-refractivity contribution in [3.05, 3.63) is 55.2 Å². The molecule has 0 saturated heterocycles. The molecule has 106 valence electrons. The minimum Gasteiger partial charge on any atom is -0.258 e. The van der Waals surface area contributed by atoms with Crippen molar-refractivity contribution in [2.24, 2.45) is 0 Å². The molecule has 0 aliphatic heterocycles. The van der Waals surface area contributed by atoms with Gasteiger partial charge in [-0.1, -0.05) is 22.0 Å². The highest BCUT2D eigenvalue weighted by molar-refractivity contribution is 9.10. The van der Waals surface area contributed by atoms with Crippen LogP contribution in [0.2, 0.25) is 0 Å². The Morgan fingerprint density at radius 3 is 2.70 bits per heavy atom. The van der Waals surface area contributed by atoms with Gasteiger partial charge in [0, 0.05) is 22.0 Å². The third-order valence-corrected chi connectivity index (χ3v) is 5.22. The fourth-order valence-electron chi connectivity index (χ4n) is 1.51. The van der Waals surface area contributed by atoms with Gasteiger partial charge in [0.2, 0.25) is 10.0 Å². The van der Waals surface area contributed by atoms with Crippen LogP contribution in [0.4, 0.5) is 5.69 Å². The number of halogens is 1. The lowest BCUT2D eigenvalue weighted by Crippen LogP contribution is -2.23. The first-order valence-electron chi connectivity index (χ1n) is 5.36. The molecule has 0 radical (unpaired) electrons. The lowest BCUT2D eigenvalue weighted by Gasteiger charge is -2.06. The maximum Gasteiger partial charge on any atom is 0.289 e. The molecule has 0 bridgehead atoms. The summed E-state index contributed by atoms with van der Waals surface area (Å²) in [6, 6.07) is 7.38. The minimum atomic E-state index is -3.95. The van der Waals surface area contributed by atoms with Crippen LogP contribution >= 0.6 is 27.3 Å². The van der Waals surface area contributed by atoms with Crippen molar-refractivity contribution >= 4 is 43.0 Å². The molecule has 1 heterocycles. The highest BCUT2D eigenvalue weighted by Gasteiger charge is 2.25. The third kappa shape index (κ3) is 3.42. The molecule has 6 nitrogen and oxygen atoms in total. The molecule has 0 fully saturated rings. The number of nitrogens with zero attached hydrogens (tertiary/aromatic N) is 1. The van der Waals surface area contributed by atoms with Gasteiger partial charge in [-0.15, -0.1) is 11.3 Å². The number of hydrogen-bond acceptors (Lipinski definition) is 5. The summed E-state index contributed by atoms with van der Waals surface area (Å²) in [6.07, 6.45) is 0. The molecule has 20 heavy (non-hydrogen) atoms. The summed E-state index contributed by atoms with van der Waals surface area (Å²) < 4.78 is 27.2. The predicted octanol–water partition coefficient (Wildman–Crippen LogP) is 2.90.